The normalized spacial score (nSPS) is 21.2. The van der Waals surface area contributed by atoms with Crippen LogP contribution in [0.25, 0.3) is 0 Å². The highest BCUT2D eigenvalue weighted by Gasteiger charge is 2.31. The zero-order valence-corrected chi connectivity index (χ0v) is 15.3. The summed E-state index contributed by atoms with van der Waals surface area (Å²) in [5.41, 5.74) is 3.18. The van der Waals surface area contributed by atoms with E-state index in [1.807, 2.05) is 26.0 Å². The Morgan fingerprint density at radius 1 is 1.21 bits per heavy atom. The third-order valence-corrected chi connectivity index (χ3v) is 4.57. The number of benzene rings is 1. The SMILES string of the molecule is COc1ccc2c(c1)C(C)N(N=C(C)C)C(N1CCN(C)CC1)=N2. The molecule has 2 aliphatic heterocycles. The van der Waals surface area contributed by atoms with Crippen LogP contribution in [-0.2, 0) is 0 Å². The molecule has 1 aromatic rings. The van der Waals surface area contributed by atoms with E-state index in [1.165, 1.54) is 0 Å². The van der Waals surface area contributed by atoms with Crippen LogP contribution >= 0.6 is 0 Å². The van der Waals surface area contributed by atoms with Crippen molar-refractivity contribution in [3.05, 3.63) is 23.8 Å². The third kappa shape index (κ3) is 3.24. The number of hydrogen-bond acceptors (Lipinski definition) is 6. The number of piperazine rings is 1. The Hall–Kier alpha value is -2.08. The highest BCUT2D eigenvalue weighted by Crippen LogP contribution is 2.38. The number of hydrazone groups is 1. The number of aliphatic imine (C=N–C) groups is 1. The van der Waals surface area contributed by atoms with Gasteiger partial charge < -0.3 is 14.5 Å². The lowest BCUT2D eigenvalue weighted by Crippen LogP contribution is -2.52. The Morgan fingerprint density at radius 3 is 2.54 bits per heavy atom. The molecule has 6 heteroatoms. The molecule has 1 saturated heterocycles. The number of likely N-dealkylation sites (N-methyl/N-ethyl adjacent to an activating group) is 1. The lowest BCUT2D eigenvalue weighted by atomic mass is 10.0. The van der Waals surface area contributed by atoms with Crippen molar-refractivity contribution in [2.45, 2.75) is 26.8 Å². The fraction of sp³-hybridized carbons (Fsp3) is 0.556. The molecule has 0 bridgehead atoms. The minimum absolute atomic E-state index is 0.122. The quantitative estimate of drug-likeness (QED) is 0.783. The molecule has 3 rings (SSSR count). The van der Waals surface area contributed by atoms with Gasteiger partial charge >= 0.3 is 0 Å². The molecule has 0 aromatic heterocycles. The predicted octanol–water partition coefficient (Wildman–Crippen LogP) is 2.70. The Labute approximate surface area is 144 Å². The minimum atomic E-state index is 0.122. The summed E-state index contributed by atoms with van der Waals surface area (Å²) in [4.78, 5) is 9.63. The molecule has 1 unspecified atom stereocenters. The first kappa shape index (κ1) is 16.8. The molecule has 0 spiro atoms. The average Bonchev–Trinajstić information content (AvgIpc) is 2.57. The standard InChI is InChI=1S/C18H27N5O/c1-13(2)20-23-14(3)16-12-15(24-5)6-7-17(16)19-18(23)22-10-8-21(4)9-11-22/h6-7,12,14H,8-11H2,1-5H3. The van der Waals surface area contributed by atoms with Crippen LogP contribution in [0.1, 0.15) is 32.4 Å². The first-order chi connectivity index (χ1) is 11.5. The topological polar surface area (TPSA) is 43.7 Å². The van der Waals surface area contributed by atoms with Crippen molar-refractivity contribution < 1.29 is 4.74 Å². The molecule has 6 nitrogen and oxygen atoms in total. The molecule has 1 fully saturated rings. The fourth-order valence-corrected chi connectivity index (χ4v) is 3.13. The molecule has 0 radical (unpaired) electrons. The molecule has 0 N–H and O–H groups in total. The maximum atomic E-state index is 5.38. The molecular formula is C18H27N5O. The third-order valence-electron chi connectivity index (χ3n) is 4.57. The van der Waals surface area contributed by atoms with Crippen molar-refractivity contribution in [2.75, 3.05) is 40.3 Å². The molecule has 130 valence electrons. The summed E-state index contributed by atoms with van der Waals surface area (Å²) >= 11 is 0. The summed E-state index contributed by atoms with van der Waals surface area (Å²) in [7, 11) is 3.86. The van der Waals surface area contributed by atoms with Crippen LogP contribution in [-0.4, -0.2) is 66.8 Å². The van der Waals surface area contributed by atoms with E-state index >= 15 is 0 Å². The van der Waals surface area contributed by atoms with Gasteiger partial charge in [-0.05, 0) is 46.0 Å². The van der Waals surface area contributed by atoms with Gasteiger partial charge in [0.15, 0.2) is 0 Å². The number of nitrogens with zero attached hydrogens (tertiary/aromatic N) is 5. The average molecular weight is 329 g/mol. The molecule has 0 saturated carbocycles. The monoisotopic (exact) mass is 329 g/mol. The van der Waals surface area contributed by atoms with E-state index in [9.17, 15) is 0 Å². The van der Waals surface area contributed by atoms with Crippen molar-refractivity contribution in [3.63, 3.8) is 0 Å². The smallest absolute Gasteiger partial charge is 0.223 e. The number of methoxy groups -OCH3 is 1. The van der Waals surface area contributed by atoms with E-state index in [1.54, 1.807) is 7.11 Å². The van der Waals surface area contributed by atoms with Crippen LogP contribution < -0.4 is 4.74 Å². The molecule has 1 atom stereocenters. The second-order valence-electron chi connectivity index (χ2n) is 6.69. The Balaban J connectivity index is 2.01. The van der Waals surface area contributed by atoms with Crippen LogP contribution in [0, 0.1) is 0 Å². The zero-order valence-electron chi connectivity index (χ0n) is 15.3. The van der Waals surface area contributed by atoms with Gasteiger partial charge in [-0.3, -0.25) is 0 Å². The summed E-state index contributed by atoms with van der Waals surface area (Å²) in [5.74, 6) is 1.81. The van der Waals surface area contributed by atoms with Gasteiger partial charge in [-0.25, -0.2) is 10.0 Å². The van der Waals surface area contributed by atoms with Crippen molar-refractivity contribution in [3.8, 4) is 5.75 Å². The molecule has 1 aromatic carbocycles. The van der Waals surface area contributed by atoms with E-state index in [-0.39, 0.29) is 6.04 Å². The molecule has 0 aliphatic carbocycles. The van der Waals surface area contributed by atoms with Crippen molar-refractivity contribution in [1.29, 1.82) is 0 Å². The largest absolute Gasteiger partial charge is 0.497 e. The molecule has 24 heavy (non-hydrogen) atoms. The second-order valence-corrected chi connectivity index (χ2v) is 6.69. The van der Waals surface area contributed by atoms with Gasteiger partial charge in [0.05, 0.1) is 18.8 Å². The van der Waals surface area contributed by atoms with Gasteiger partial charge in [-0.2, -0.15) is 5.10 Å². The van der Waals surface area contributed by atoms with Gasteiger partial charge in [-0.1, -0.05) is 0 Å². The summed E-state index contributed by atoms with van der Waals surface area (Å²) in [5, 5.41) is 6.83. The lowest BCUT2D eigenvalue weighted by Gasteiger charge is -2.41. The van der Waals surface area contributed by atoms with E-state index in [0.29, 0.717) is 0 Å². The van der Waals surface area contributed by atoms with Crippen LogP contribution in [0.2, 0.25) is 0 Å². The number of fused-ring (bicyclic) bond motifs is 1. The summed E-state index contributed by atoms with van der Waals surface area (Å²) in [6.07, 6.45) is 0. The maximum Gasteiger partial charge on any atom is 0.223 e. The summed E-state index contributed by atoms with van der Waals surface area (Å²) < 4.78 is 5.38. The van der Waals surface area contributed by atoms with Crippen LogP contribution in [0.5, 0.6) is 5.75 Å². The van der Waals surface area contributed by atoms with Gasteiger partial charge in [0.25, 0.3) is 0 Å². The predicted molar refractivity (Wildman–Crippen MR) is 98.2 cm³/mol. The minimum Gasteiger partial charge on any atom is -0.497 e. The van der Waals surface area contributed by atoms with E-state index in [2.05, 4.69) is 34.8 Å². The van der Waals surface area contributed by atoms with E-state index in [4.69, 9.17) is 14.8 Å². The Kier molecular flexibility index (Phi) is 4.76. The highest BCUT2D eigenvalue weighted by atomic mass is 16.5. The Morgan fingerprint density at radius 2 is 1.92 bits per heavy atom. The van der Waals surface area contributed by atoms with E-state index < -0.39 is 0 Å². The second kappa shape index (κ2) is 6.81. The zero-order chi connectivity index (χ0) is 17.3. The fourth-order valence-electron chi connectivity index (χ4n) is 3.13. The molecule has 2 heterocycles. The Bertz CT molecular complexity index is 657. The highest BCUT2D eigenvalue weighted by molar-refractivity contribution is 5.88. The van der Waals surface area contributed by atoms with Crippen LogP contribution in [0.3, 0.4) is 0 Å². The lowest BCUT2D eigenvalue weighted by molar-refractivity contribution is 0.186. The number of rotatable bonds is 2. The van der Waals surface area contributed by atoms with Gasteiger partial charge in [0.1, 0.15) is 5.75 Å². The van der Waals surface area contributed by atoms with Gasteiger partial charge in [0, 0.05) is 37.5 Å². The number of hydrogen-bond donors (Lipinski definition) is 0. The first-order valence-corrected chi connectivity index (χ1v) is 8.50. The maximum absolute atomic E-state index is 5.38. The van der Waals surface area contributed by atoms with Crippen molar-refractivity contribution in [1.82, 2.24) is 14.8 Å². The molecule has 2 aliphatic rings. The summed E-state index contributed by atoms with van der Waals surface area (Å²) in [6, 6.07) is 6.20. The number of guanidine groups is 1. The van der Waals surface area contributed by atoms with E-state index in [0.717, 1.165) is 54.9 Å². The summed E-state index contributed by atoms with van der Waals surface area (Å²) in [6.45, 7) is 10.3. The van der Waals surface area contributed by atoms with Crippen LogP contribution in [0.15, 0.2) is 28.3 Å². The van der Waals surface area contributed by atoms with Gasteiger partial charge in [-0.15, -0.1) is 0 Å². The van der Waals surface area contributed by atoms with Crippen LogP contribution in [0.4, 0.5) is 5.69 Å². The molecular weight excluding hydrogens is 302 g/mol. The van der Waals surface area contributed by atoms with Crippen molar-refractivity contribution in [2.24, 2.45) is 10.1 Å². The van der Waals surface area contributed by atoms with Crippen molar-refractivity contribution >= 4 is 17.4 Å². The molecule has 0 amide bonds. The number of ether oxygens (including phenoxy) is 1. The van der Waals surface area contributed by atoms with Gasteiger partial charge in [0.2, 0.25) is 5.96 Å². The first-order valence-electron chi connectivity index (χ1n) is 8.50.